The van der Waals surface area contributed by atoms with Crippen molar-refractivity contribution < 1.29 is 13.6 Å². The van der Waals surface area contributed by atoms with Gasteiger partial charge in [0.1, 0.15) is 5.82 Å². The first-order chi connectivity index (χ1) is 13.9. The number of fused-ring (bicyclic) bond motifs is 1. The van der Waals surface area contributed by atoms with Gasteiger partial charge in [0.15, 0.2) is 0 Å². The molecule has 156 valence electrons. The van der Waals surface area contributed by atoms with Gasteiger partial charge in [-0.25, -0.2) is 18.3 Å². The minimum atomic E-state index is -2.63. The lowest BCUT2D eigenvalue weighted by molar-refractivity contribution is -0.129. The molecule has 1 aliphatic heterocycles. The molecule has 1 aliphatic carbocycles. The van der Waals surface area contributed by atoms with Crippen LogP contribution in [0, 0.1) is 5.92 Å². The molecule has 9 heteroatoms. The summed E-state index contributed by atoms with van der Waals surface area (Å²) in [5, 5.41) is 7.48. The number of carbonyl (C=O) groups is 1. The van der Waals surface area contributed by atoms with Gasteiger partial charge in [-0.15, -0.1) is 0 Å². The predicted octanol–water partition coefficient (Wildman–Crippen LogP) is 2.13. The first-order valence-electron chi connectivity index (χ1n) is 10.1. The normalized spacial score (nSPS) is 21.9. The monoisotopic (exact) mass is 405 g/mol. The van der Waals surface area contributed by atoms with Crippen molar-refractivity contribution in [3.8, 4) is 0 Å². The number of alkyl halides is 2. The van der Waals surface area contributed by atoms with E-state index in [2.05, 4.69) is 15.4 Å². The fraction of sp³-hybridized carbons (Fsp3) is 0.600. The number of rotatable bonds is 4. The van der Waals surface area contributed by atoms with Crippen LogP contribution in [0.1, 0.15) is 49.9 Å². The number of halogens is 2. The largest absolute Gasteiger partial charge is 0.353 e. The van der Waals surface area contributed by atoms with E-state index in [1.54, 1.807) is 17.0 Å². The third-order valence-corrected chi connectivity index (χ3v) is 5.91. The molecule has 1 N–H and O–H groups in total. The highest BCUT2D eigenvalue weighted by atomic mass is 19.3. The molecule has 29 heavy (non-hydrogen) atoms. The SMILES string of the molecule is O=C(NC1CCc2nn(Cc3cccnc3)c(=O)n2CC1)C1CCC(F)(F)CC1. The van der Waals surface area contributed by atoms with Crippen LogP contribution in [0.2, 0.25) is 0 Å². The van der Waals surface area contributed by atoms with Crippen molar-refractivity contribution in [1.82, 2.24) is 24.6 Å². The van der Waals surface area contributed by atoms with Gasteiger partial charge in [0.25, 0.3) is 0 Å². The Morgan fingerprint density at radius 1 is 1.24 bits per heavy atom. The Hall–Kier alpha value is -2.58. The van der Waals surface area contributed by atoms with Crippen LogP contribution in [0.3, 0.4) is 0 Å². The molecular formula is C20H25F2N5O2. The number of aromatic nitrogens is 4. The molecule has 7 nitrogen and oxygen atoms in total. The van der Waals surface area contributed by atoms with Gasteiger partial charge in [-0.2, -0.15) is 5.10 Å². The smallest absolute Gasteiger partial charge is 0.346 e. The minimum absolute atomic E-state index is 0.0715. The number of hydrogen-bond acceptors (Lipinski definition) is 4. The Balaban J connectivity index is 1.35. The Morgan fingerprint density at radius 2 is 2.03 bits per heavy atom. The first kappa shape index (κ1) is 19.7. The molecule has 1 atom stereocenters. The Kier molecular flexibility index (Phi) is 5.47. The van der Waals surface area contributed by atoms with Gasteiger partial charge >= 0.3 is 5.69 Å². The molecule has 2 aromatic rings. The second kappa shape index (κ2) is 8.04. The Morgan fingerprint density at radius 3 is 2.76 bits per heavy atom. The lowest BCUT2D eigenvalue weighted by Crippen LogP contribution is -2.41. The highest BCUT2D eigenvalue weighted by Gasteiger charge is 2.37. The number of aryl methyl sites for hydroxylation is 1. The van der Waals surface area contributed by atoms with Crippen LogP contribution in [0.15, 0.2) is 29.3 Å². The van der Waals surface area contributed by atoms with Crippen molar-refractivity contribution in [2.75, 3.05) is 0 Å². The summed E-state index contributed by atoms with van der Waals surface area (Å²) in [7, 11) is 0. The van der Waals surface area contributed by atoms with Gasteiger partial charge in [0.2, 0.25) is 11.8 Å². The molecule has 3 heterocycles. The number of amides is 1. The van der Waals surface area contributed by atoms with E-state index in [0.717, 1.165) is 5.56 Å². The molecule has 2 aliphatic rings. The van der Waals surface area contributed by atoms with Crippen molar-refractivity contribution in [2.45, 2.75) is 70.0 Å². The number of pyridine rings is 1. The topological polar surface area (TPSA) is 81.8 Å². The Labute approximate surface area is 167 Å². The highest BCUT2D eigenvalue weighted by Crippen LogP contribution is 2.36. The van der Waals surface area contributed by atoms with E-state index in [1.807, 2.05) is 12.1 Å². The van der Waals surface area contributed by atoms with Crippen molar-refractivity contribution >= 4 is 5.91 Å². The third-order valence-electron chi connectivity index (χ3n) is 5.91. The molecule has 1 fully saturated rings. The molecule has 2 aromatic heterocycles. The van der Waals surface area contributed by atoms with Crippen LogP contribution in [0.25, 0.3) is 0 Å². The van der Waals surface area contributed by atoms with E-state index in [-0.39, 0.29) is 49.2 Å². The van der Waals surface area contributed by atoms with Crippen LogP contribution in [-0.2, 0) is 24.3 Å². The van der Waals surface area contributed by atoms with E-state index < -0.39 is 5.92 Å². The number of nitrogens with one attached hydrogen (secondary N) is 1. The lowest BCUT2D eigenvalue weighted by Gasteiger charge is -2.28. The lowest BCUT2D eigenvalue weighted by atomic mass is 9.86. The maximum absolute atomic E-state index is 13.3. The third kappa shape index (κ3) is 4.54. The van der Waals surface area contributed by atoms with Crippen LogP contribution in [0.4, 0.5) is 8.78 Å². The minimum Gasteiger partial charge on any atom is -0.353 e. The number of carbonyl (C=O) groups excluding carboxylic acids is 1. The molecule has 4 rings (SSSR count). The summed E-state index contributed by atoms with van der Waals surface area (Å²) < 4.78 is 29.7. The van der Waals surface area contributed by atoms with Gasteiger partial charge in [-0.1, -0.05) is 6.07 Å². The molecule has 0 aromatic carbocycles. The molecule has 0 bridgehead atoms. The van der Waals surface area contributed by atoms with E-state index in [0.29, 0.717) is 38.2 Å². The zero-order valence-electron chi connectivity index (χ0n) is 16.2. The fourth-order valence-corrected chi connectivity index (χ4v) is 4.16. The van der Waals surface area contributed by atoms with Crippen molar-refractivity contribution in [1.29, 1.82) is 0 Å². The summed E-state index contributed by atoms with van der Waals surface area (Å²) in [6.07, 6.45) is 5.30. The quantitative estimate of drug-likeness (QED) is 0.845. The van der Waals surface area contributed by atoms with E-state index in [1.165, 1.54) is 4.68 Å². The average Bonchev–Trinajstić information content (AvgIpc) is 2.86. The van der Waals surface area contributed by atoms with Crippen molar-refractivity contribution in [3.63, 3.8) is 0 Å². The van der Waals surface area contributed by atoms with Gasteiger partial charge < -0.3 is 5.32 Å². The van der Waals surface area contributed by atoms with Crippen LogP contribution < -0.4 is 11.0 Å². The van der Waals surface area contributed by atoms with Crippen LogP contribution in [0.5, 0.6) is 0 Å². The zero-order valence-corrected chi connectivity index (χ0v) is 16.2. The molecule has 1 amide bonds. The van der Waals surface area contributed by atoms with Gasteiger partial charge in [-0.3, -0.25) is 14.3 Å². The molecule has 0 radical (unpaired) electrons. The summed E-state index contributed by atoms with van der Waals surface area (Å²) in [6.45, 7) is 0.855. The van der Waals surface area contributed by atoms with E-state index in [9.17, 15) is 18.4 Å². The first-order valence-corrected chi connectivity index (χ1v) is 10.1. The second-order valence-electron chi connectivity index (χ2n) is 8.03. The molecule has 0 saturated heterocycles. The van der Waals surface area contributed by atoms with E-state index in [4.69, 9.17) is 0 Å². The number of nitrogens with zero attached hydrogens (tertiary/aromatic N) is 4. The summed E-state index contributed by atoms with van der Waals surface area (Å²) >= 11 is 0. The zero-order chi connectivity index (χ0) is 20.4. The number of hydrogen-bond donors (Lipinski definition) is 1. The summed E-state index contributed by atoms with van der Waals surface area (Å²) in [4.78, 5) is 29.2. The maximum Gasteiger partial charge on any atom is 0.346 e. The van der Waals surface area contributed by atoms with Gasteiger partial charge in [-0.05, 0) is 37.3 Å². The van der Waals surface area contributed by atoms with Crippen molar-refractivity contribution in [3.05, 3.63) is 46.4 Å². The van der Waals surface area contributed by atoms with Crippen molar-refractivity contribution in [2.24, 2.45) is 5.92 Å². The van der Waals surface area contributed by atoms with E-state index >= 15 is 0 Å². The molecule has 1 unspecified atom stereocenters. The van der Waals surface area contributed by atoms with Crippen LogP contribution in [-0.4, -0.2) is 37.2 Å². The van der Waals surface area contributed by atoms with Gasteiger partial charge in [0, 0.05) is 50.2 Å². The molecule has 1 saturated carbocycles. The molecule has 0 spiro atoms. The predicted molar refractivity (Wildman–Crippen MR) is 102 cm³/mol. The summed E-state index contributed by atoms with van der Waals surface area (Å²) in [5.41, 5.74) is 0.747. The summed E-state index contributed by atoms with van der Waals surface area (Å²) in [6, 6.07) is 3.65. The second-order valence-corrected chi connectivity index (χ2v) is 8.03. The Bertz CT molecular complexity index is 915. The highest BCUT2D eigenvalue weighted by molar-refractivity contribution is 5.79. The molecular weight excluding hydrogens is 380 g/mol. The summed E-state index contributed by atoms with van der Waals surface area (Å²) in [5.74, 6) is -2.40. The standard InChI is InChI=1S/C20H25F2N5O2/c21-20(22)8-5-15(6-9-20)18(28)24-16-3-4-17-25-27(19(29)26(17)11-7-16)13-14-2-1-10-23-12-14/h1-2,10,12,15-16H,3-9,11,13H2,(H,24,28). The average molecular weight is 405 g/mol. The van der Waals surface area contributed by atoms with Gasteiger partial charge in [0.05, 0.1) is 6.54 Å². The van der Waals surface area contributed by atoms with Crippen LogP contribution >= 0.6 is 0 Å². The fourth-order valence-electron chi connectivity index (χ4n) is 4.16. The maximum atomic E-state index is 13.3.